The fraction of sp³-hybridized carbons (Fsp3) is 0.545. The molecule has 4 nitrogen and oxygen atoms in total. The molecule has 0 aliphatic carbocycles. The maximum atomic E-state index is 9.98. The van der Waals surface area contributed by atoms with E-state index in [0.29, 0.717) is 12.0 Å². The van der Waals surface area contributed by atoms with E-state index in [1.54, 1.807) is 19.2 Å². The summed E-state index contributed by atoms with van der Waals surface area (Å²) in [5.41, 5.74) is 5.88. The second-order valence-electron chi connectivity index (χ2n) is 4.10. The van der Waals surface area contributed by atoms with Crippen molar-refractivity contribution < 1.29 is 10.2 Å². The van der Waals surface area contributed by atoms with Crippen molar-refractivity contribution in [1.29, 1.82) is 0 Å². The van der Waals surface area contributed by atoms with E-state index in [9.17, 15) is 10.2 Å². The molecule has 1 heterocycles. The van der Waals surface area contributed by atoms with Gasteiger partial charge in [0.2, 0.25) is 0 Å². The van der Waals surface area contributed by atoms with Crippen LogP contribution in [0.4, 0.5) is 5.82 Å². The summed E-state index contributed by atoms with van der Waals surface area (Å²) in [4.78, 5) is 3.95. The molecule has 0 saturated heterocycles. The monoisotopic (exact) mass is 210 g/mol. The summed E-state index contributed by atoms with van der Waals surface area (Å²) in [6.45, 7) is 5.26. The van der Waals surface area contributed by atoms with Gasteiger partial charge in [0.15, 0.2) is 0 Å². The van der Waals surface area contributed by atoms with Gasteiger partial charge in [-0.3, -0.25) is 0 Å². The number of hydrogen-bond donors (Lipinski definition) is 3. The Morgan fingerprint density at radius 1 is 1.60 bits per heavy atom. The molecule has 4 heteroatoms. The third kappa shape index (κ3) is 2.46. The molecule has 0 aromatic carbocycles. The molecular formula is C11H18N2O2. The van der Waals surface area contributed by atoms with Gasteiger partial charge in [-0.2, -0.15) is 0 Å². The Bertz CT molecular complexity index is 350. The number of nitrogen functional groups attached to an aromatic ring is 1. The van der Waals surface area contributed by atoms with E-state index >= 15 is 0 Å². The van der Waals surface area contributed by atoms with Crippen molar-refractivity contribution in [3.8, 4) is 0 Å². The highest BCUT2D eigenvalue weighted by Crippen LogP contribution is 2.31. The van der Waals surface area contributed by atoms with Crippen molar-refractivity contribution in [2.24, 2.45) is 0 Å². The van der Waals surface area contributed by atoms with Crippen LogP contribution in [0.15, 0.2) is 12.3 Å². The Labute approximate surface area is 89.8 Å². The SMILES string of the molecule is CCC(C)(O)C(O)c1cc(C)cnc1N. The summed E-state index contributed by atoms with van der Waals surface area (Å²) in [5, 5.41) is 19.9. The van der Waals surface area contributed by atoms with E-state index in [2.05, 4.69) is 4.98 Å². The van der Waals surface area contributed by atoms with Crippen LogP contribution >= 0.6 is 0 Å². The van der Waals surface area contributed by atoms with Gasteiger partial charge in [0.1, 0.15) is 11.9 Å². The maximum Gasteiger partial charge on any atom is 0.129 e. The molecule has 0 spiro atoms. The highest BCUT2D eigenvalue weighted by molar-refractivity contribution is 5.43. The molecular weight excluding hydrogens is 192 g/mol. The van der Waals surface area contributed by atoms with Crippen LogP contribution in [0.25, 0.3) is 0 Å². The van der Waals surface area contributed by atoms with E-state index in [1.807, 2.05) is 13.8 Å². The lowest BCUT2D eigenvalue weighted by Gasteiger charge is -2.28. The number of rotatable bonds is 3. The van der Waals surface area contributed by atoms with Gasteiger partial charge in [-0.15, -0.1) is 0 Å². The fourth-order valence-electron chi connectivity index (χ4n) is 1.35. The summed E-state index contributed by atoms with van der Waals surface area (Å²) in [6.07, 6.45) is 1.07. The van der Waals surface area contributed by atoms with Crippen molar-refractivity contribution >= 4 is 5.82 Å². The molecule has 84 valence electrons. The van der Waals surface area contributed by atoms with Gasteiger partial charge in [-0.05, 0) is 31.9 Å². The van der Waals surface area contributed by atoms with E-state index in [-0.39, 0.29) is 5.82 Å². The number of aliphatic hydroxyl groups is 2. The first kappa shape index (κ1) is 11.9. The van der Waals surface area contributed by atoms with Crippen molar-refractivity contribution in [3.63, 3.8) is 0 Å². The Kier molecular flexibility index (Phi) is 3.31. The van der Waals surface area contributed by atoms with Crippen molar-refractivity contribution in [1.82, 2.24) is 4.98 Å². The molecule has 0 amide bonds. The minimum atomic E-state index is -1.18. The molecule has 1 aromatic rings. The van der Waals surface area contributed by atoms with Crippen LogP contribution in [0.5, 0.6) is 0 Å². The van der Waals surface area contributed by atoms with Gasteiger partial charge in [0.05, 0.1) is 5.60 Å². The Morgan fingerprint density at radius 2 is 2.20 bits per heavy atom. The number of nitrogens with two attached hydrogens (primary N) is 1. The molecule has 0 fully saturated rings. The molecule has 2 atom stereocenters. The first-order valence-electron chi connectivity index (χ1n) is 5.01. The van der Waals surface area contributed by atoms with Crippen molar-refractivity contribution in [2.75, 3.05) is 5.73 Å². The van der Waals surface area contributed by atoms with E-state index in [1.165, 1.54) is 0 Å². The van der Waals surface area contributed by atoms with E-state index in [4.69, 9.17) is 5.73 Å². The largest absolute Gasteiger partial charge is 0.387 e. The minimum Gasteiger partial charge on any atom is -0.387 e. The summed E-state index contributed by atoms with van der Waals surface area (Å²) in [7, 11) is 0. The summed E-state index contributed by atoms with van der Waals surface area (Å²) >= 11 is 0. The zero-order valence-corrected chi connectivity index (χ0v) is 9.36. The molecule has 0 radical (unpaired) electrons. The molecule has 15 heavy (non-hydrogen) atoms. The Balaban J connectivity index is 3.10. The summed E-state index contributed by atoms with van der Waals surface area (Å²) in [6, 6.07) is 1.75. The standard InChI is InChI=1S/C11H18N2O2/c1-4-11(3,15)9(14)8-5-7(2)6-13-10(8)12/h5-6,9,14-15H,4H2,1-3H3,(H2,12,13). The van der Waals surface area contributed by atoms with E-state index in [0.717, 1.165) is 5.56 Å². The summed E-state index contributed by atoms with van der Waals surface area (Å²) in [5.74, 6) is 0.266. The van der Waals surface area contributed by atoms with Crippen LogP contribution in [-0.2, 0) is 0 Å². The Morgan fingerprint density at radius 3 is 2.73 bits per heavy atom. The third-order valence-corrected chi connectivity index (χ3v) is 2.69. The quantitative estimate of drug-likeness (QED) is 0.699. The molecule has 0 aliphatic rings. The number of aromatic nitrogens is 1. The van der Waals surface area contributed by atoms with Crippen LogP contribution in [0.2, 0.25) is 0 Å². The maximum absolute atomic E-state index is 9.98. The molecule has 0 aliphatic heterocycles. The normalized spacial score (nSPS) is 17.1. The molecule has 0 saturated carbocycles. The van der Waals surface area contributed by atoms with Gasteiger partial charge in [0, 0.05) is 11.8 Å². The minimum absolute atomic E-state index is 0.266. The number of aliphatic hydroxyl groups excluding tert-OH is 1. The lowest BCUT2D eigenvalue weighted by Crippen LogP contribution is -2.32. The molecule has 0 bridgehead atoms. The lowest BCUT2D eigenvalue weighted by molar-refractivity contribution is -0.0656. The van der Waals surface area contributed by atoms with Gasteiger partial charge in [0.25, 0.3) is 0 Å². The smallest absolute Gasteiger partial charge is 0.129 e. The van der Waals surface area contributed by atoms with Gasteiger partial charge >= 0.3 is 0 Å². The average Bonchev–Trinajstić information content (AvgIpc) is 2.20. The third-order valence-electron chi connectivity index (χ3n) is 2.69. The van der Waals surface area contributed by atoms with Crippen LogP contribution in [0.1, 0.15) is 37.5 Å². The number of anilines is 1. The second kappa shape index (κ2) is 4.16. The van der Waals surface area contributed by atoms with Crippen molar-refractivity contribution in [3.05, 3.63) is 23.4 Å². The first-order chi connectivity index (χ1) is 6.88. The topological polar surface area (TPSA) is 79.4 Å². The van der Waals surface area contributed by atoms with E-state index < -0.39 is 11.7 Å². The highest BCUT2D eigenvalue weighted by atomic mass is 16.3. The first-order valence-corrected chi connectivity index (χ1v) is 5.01. The zero-order valence-electron chi connectivity index (χ0n) is 9.36. The van der Waals surface area contributed by atoms with Gasteiger partial charge in [-0.1, -0.05) is 6.92 Å². The number of aryl methyl sites for hydroxylation is 1. The number of pyridine rings is 1. The van der Waals surface area contributed by atoms with Crippen LogP contribution in [-0.4, -0.2) is 20.8 Å². The average molecular weight is 210 g/mol. The fourth-order valence-corrected chi connectivity index (χ4v) is 1.35. The predicted octanol–water partition coefficient (Wildman–Crippen LogP) is 1.17. The van der Waals surface area contributed by atoms with Gasteiger partial charge < -0.3 is 15.9 Å². The molecule has 1 aromatic heterocycles. The van der Waals surface area contributed by atoms with Crippen LogP contribution < -0.4 is 5.73 Å². The lowest BCUT2D eigenvalue weighted by atomic mass is 9.90. The van der Waals surface area contributed by atoms with Gasteiger partial charge in [-0.25, -0.2) is 4.98 Å². The van der Waals surface area contributed by atoms with Crippen LogP contribution in [0.3, 0.4) is 0 Å². The Hall–Kier alpha value is -1.13. The van der Waals surface area contributed by atoms with Crippen LogP contribution in [0, 0.1) is 6.92 Å². The van der Waals surface area contributed by atoms with Crippen molar-refractivity contribution in [2.45, 2.75) is 38.9 Å². The molecule has 4 N–H and O–H groups in total. The molecule has 2 unspecified atom stereocenters. The second-order valence-corrected chi connectivity index (χ2v) is 4.10. The number of nitrogens with zero attached hydrogens (tertiary/aromatic N) is 1. The highest BCUT2D eigenvalue weighted by Gasteiger charge is 2.31. The number of hydrogen-bond acceptors (Lipinski definition) is 4. The zero-order chi connectivity index (χ0) is 11.6. The predicted molar refractivity (Wildman–Crippen MR) is 59.3 cm³/mol. The summed E-state index contributed by atoms with van der Waals surface area (Å²) < 4.78 is 0. The molecule has 1 rings (SSSR count).